The Hall–Kier alpha value is -1.88. The van der Waals surface area contributed by atoms with E-state index in [1.54, 1.807) is 4.90 Å². The van der Waals surface area contributed by atoms with Gasteiger partial charge in [0.25, 0.3) is 0 Å². The van der Waals surface area contributed by atoms with Crippen molar-refractivity contribution in [1.29, 1.82) is 0 Å². The van der Waals surface area contributed by atoms with Crippen molar-refractivity contribution in [2.45, 2.75) is 32.2 Å². The van der Waals surface area contributed by atoms with Gasteiger partial charge in [-0.2, -0.15) is 0 Å². The largest absolute Gasteiger partial charge is 0.481 e. The number of likely N-dealkylation sites (tertiary alicyclic amines) is 1. The molecule has 0 aliphatic carbocycles. The Bertz CT molecular complexity index is 498. The standard InChI is InChI=1S/C17H24N2O3/c1-14(20)19(12-9-17(21)22)13-16(18-10-5-6-11-18)15-7-3-2-4-8-15/h2-4,7-8,16H,5-6,9-13H2,1H3,(H,21,22). The second-order valence-corrected chi connectivity index (χ2v) is 5.78. The van der Waals surface area contributed by atoms with Crippen LogP contribution in [-0.4, -0.2) is 53.0 Å². The zero-order valence-electron chi connectivity index (χ0n) is 13.1. The van der Waals surface area contributed by atoms with Gasteiger partial charge in [0.1, 0.15) is 0 Å². The van der Waals surface area contributed by atoms with E-state index in [4.69, 9.17) is 5.11 Å². The molecule has 120 valence electrons. The predicted molar refractivity (Wildman–Crippen MR) is 84.5 cm³/mol. The van der Waals surface area contributed by atoms with Gasteiger partial charge in [-0.15, -0.1) is 0 Å². The molecule has 0 spiro atoms. The van der Waals surface area contributed by atoms with Crippen LogP contribution in [0.15, 0.2) is 30.3 Å². The summed E-state index contributed by atoms with van der Waals surface area (Å²) in [6.45, 7) is 4.39. The number of carboxylic acid groups (broad SMARTS) is 1. The van der Waals surface area contributed by atoms with E-state index in [9.17, 15) is 9.59 Å². The molecule has 1 saturated heterocycles. The number of hydrogen-bond acceptors (Lipinski definition) is 3. The Morgan fingerprint density at radius 1 is 1.23 bits per heavy atom. The van der Waals surface area contributed by atoms with Crippen LogP contribution in [0, 0.1) is 0 Å². The monoisotopic (exact) mass is 304 g/mol. The van der Waals surface area contributed by atoms with E-state index < -0.39 is 5.97 Å². The molecule has 1 fully saturated rings. The predicted octanol–water partition coefficient (Wildman–Crippen LogP) is 2.15. The van der Waals surface area contributed by atoms with Gasteiger partial charge in [-0.05, 0) is 31.5 Å². The third kappa shape index (κ3) is 4.56. The minimum absolute atomic E-state index is 0.0128. The normalized spacial score (nSPS) is 16.4. The van der Waals surface area contributed by atoms with Gasteiger partial charge in [-0.1, -0.05) is 30.3 Å². The highest BCUT2D eigenvalue weighted by Gasteiger charge is 2.26. The van der Waals surface area contributed by atoms with Gasteiger partial charge in [0.05, 0.1) is 12.5 Å². The highest BCUT2D eigenvalue weighted by Crippen LogP contribution is 2.26. The van der Waals surface area contributed by atoms with Crippen molar-refractivity contribution in [1.82, 2.24) is 9.80 Å². The van der Waals surface area contributed by atoms with Crippen LogP contribution in [0.5, 0.6) is 0 Å². The summed E-state index contributed by atoms with van der Waals surface area (Å²) < 4.78 is 0. The maximum absolute atomic E-state index is 11.9. The summed E-state index contributed by atoms with van der Waals surface area (Å²) in [6.07, 6.45) is 2.35. The Balaban J connectivity index is 2.13. The summed E-state index contributed by atoms with van der Waals surface area (Å²) >= 11 is 0. The molecule has 1 aliphatic heterocycles. The van der Waals surface area contributed by atoms with Gasteiger partial charge in [-0.25, -0.2) is 0 Å². The average Bonchev–Trinajstić information content (AvgIpc) is 3.01. The minimum Gasteiger partial charge on any atom is -0.481 e. The molecule has 0 radical (unpaired) electrons. The topological polar surface area (TPSA) is 60.9 Å². The smallest absolute Gasteiger partial charge is 0.305 e. The first-order valence-electron chi connectivity index (χ1n) is 7.84. The van der Waals surface area contributed by atoms with Crippen molar-refractivity contribution in [3.63, 3.8) is 0 Å². The molecule has 22 heavy (non-hydrogen) atoms. The molecular formula is C17H24N2O3. The highest BCUT2D eigenvalue weighted by molar-refractivity contribution is 5.74. The SMILES string of the molecule is CC(=O)N(CCC(=O)O)CC(c1ccccc1)N1CCCC1. The summed E-state index contributed by atoms with van der Waals surface area (Å²) in [4.78, 5) is 26.7. The molecule has 2 rings (SSSR count). The molecule has 1 heterocycles. The Labute approximate surface area is 131 Å². The van der Waals surface area contributed by atoms with E-state index in [-0.39, 0.29) is 24.9 Å². The molecule has 1 atom stereocenters. The van der Waals surface area contributed by atoms with Crippen molar-refractivity contribution in [2.24, 2.45) is 0 Å². The number of aliphatic carboxylic acids is 1. The van der Waals surface area contributed by atoms with Crippen molar-refractivity contribution in [2.75, 3.05) is 26.2 Å². The third-order valence-corrected chi connectivity index (χ3v) is 4.20. The van der Waals surface area contributed by atoms with E-state index in [0.717, 1.165) is 13.1 Å². The van der Waals surface area contributed by atoms with Gasteiger partial charge in [0, 0.05) is 20.0 Å². The molecule has 1 N–H and O–H groups in total. The van der Waals surface area contributed by atoms with E-state index in [1.165, 1.54) is 25.3 Å². The van der Waals surface area contributed by atoms with Crippen molar-refractivity contribution in [3.05, 3.63) is 35.9 Å². The van der Waals surface area contributed by atoms with Crippen LogP contribution in [0.25, 0.3) is 0 Å². The van der Waals surface area contributed by atoms with Crippen LogP contribution < -0.4 is 0 Å². The maximum atomic E-state index is 11.9. The van der Waals surface area contributed by atoms with Gasteiger partial charge in [0.15, 0.2) is 0 Å². The van der Waals surface area contributed by atoms with Crippen LogP contribution in [0.2, 0.25) is 0 Å². The second-order valence-electron chi connectivity index (χ2n) is 5.78. The van der Waals surface area contributed by atoms with Crippen LogP contribution in [0.1, 0.15) is 37.8 Å². The number of nitrogens with zero attached hydrogens (tertiary/aromatic N) is 2. The number of amides is 1. The molecule has 5 nitrogen and oxygen atoms in total. The lowest BCUT2D eigenvalue weighted by atomic mass is 10.0. The first-order valence-corrected chi connectivity index (χ1v) is 7.84. The molecule has 5 heteroatoms. The zero-order chi connectivity index (χ0) is 15.9. The summed E-state index contributed by atoms with van der Waals surface area (Å²) in [5.41, 5.74) is 1.19. The second kappa shape index (κ2) is 7.94. The molecule has 0 bridgehead atoms. The molecule has 1 unspecified atom stereocenters. The maximum Gasteiger partial charge on any atom is 0.305 e. The lowest BCUT2D eigenvalue weighted by molar-refractivity contribution is -0.138. The number of carbonyl (C=O) groups excluding carboxylic acids is 1. The minimum atomic E-state index is -0.872. The summed E-state index contributed by atoms with van der Waals surface area (Å²) in [6, 6.07) is 10.3. The molecule has 0 saturated carbocycles. The summed E-state index contributed by atoms with van der Waals surface area (Å²) in [7, 11) is 0. The fourth-order valence-corrected chi connectivity index (χ4v) is 2.98. The fraction of sp³-hybridized carbons (Fsp3) is 0.529. The molecule has 0 aromatic heterocycles. The van der Waals surface area contributed by atoms with Gasteiger partial charge >= 0.3 is 5.97 Å². The first-order chi connectivity index (χ1) is 10.6. The van der Waals surface area contributed by atoms with Crippen molar-refractivity contribution < 1.29 is 14.7 Å². The number of carbonyl (C=O) groups is 2. The fourth-order valence-electron chi connectivity index (χ4n) is 2.98. The van der Waals surface area contributed by atoms with Gasteiger partial charge < -0.3 is 10.0 Å². The zero-order valence-corrected chi connectivity index (χ0v) is 13.1. The van der Waals surface area contributed by atoms with Crippen LogP contribution in [0.3, 0.4) is 0 Å². The van der Waals surface area contributed by atoms with E-state index in [0.29, 0.717) is 6.54 Å². The Kier molecular flexibility index (Phi) is 5.95. The van der Waals surface area contributed by atoms with Gasteiger partial charge in [0.2, 0.25) is 5.91 Å². The molecule has 1 amide bonds. The van der Waals surface area contributed by atoms with E-state index >= 15 is 0 Å². The molecular weight excluding hydrogens is 280 g/mol. The number of hydrogen-bond donors (Lipinski definition) is 1. The molecule has 1 aliphatic rings. The number of benzene rings is 1. The highest BCUT2D eigenvalue weighted by atomic mass is 16.4. The third-order valence-electron chi connectivity index (χ3n) is 4.20. The summed E-state index contributed by atoms with van der Waals surface area (Å²) in [5.74, 6) is -0.940. The quantitative estimate of drug-likeness (QED) is 0.838. The van der Waals surface area contributed by atoms with Crippen LogP contribution in [-0.2, 0) is 9.59 Å². The first kappa shape index (κ1) is 16.5. The lowest BCUT2D eigenvalue weighted by Crippen LogP contribution is -2.40. The van der Waals surface area contributed by atoms with Crippen LogP contribution >= 0.6 is 0 Å². The Morgan fingerprint density at radius 3 is 2.41 bits per heavy atom. The van der Waals surface area contributed by atoms with E-state index in [2.05, 4.69) is 17.0 Å². The van der Waals surface area contributed by atoms with Crippen molar-refractivity contribution >= 4 is 11.9 Å². The van der Waals surface area contributed by atoms with Gasteiger partial charge in [-0.3, -0.25) is 14.5 Å². The number of carboxylic acids is 1. The Morgan fingerprint density at radius 2 is 1.86 bits per heavy atom. The average molecular weight is 304 g/mol. The van der Waals surface area contributed by atoms with E-state index in [1.807, 2.05) is 18.2 Å². The lowest BCUT2D eigenvalue weighted by Gasteiger charge is -2.33. The number of rotatable bonds is 7. The molecule has 1 aromatic rings. The van der Waals surface area contributed by atoms with Crippen LogP contribution in [0.4, 0.5) is 0 Å². The molecule has 1 aromatic carbocycles. The summed E-state index contributed by atoms with van der Waals surface area (Å²) in [5, 5.41) is 8.86. The van der Waals surface area contributed by atoms with Crippen molar-refractivity contribution in [3.8, 4) is 0 Å².